The van der Waals surface area contributed by atoms with E-state index in [1.165, 1.54) is 5.56 Å². The van der Waals surface area contributed by atoms with Crippen LogP contribution >= 0.6 is 23.2 Å². The van der Waals surface area contributed by atoms with E-state index in [4.69, 9.17) is 23.2 Å². The second-order valence-corrected chi connectivity index (χ2v) is 6.37. The fourth-order valence-corrected chi connectivity index (χ4v) is 2.89. The molecular weight excluding hydrogens is 329 g/mol. The lowest BCUT2D eigenvalue weighted by atomic mass is 10.0. The highest BCUT2D eigenvalue weighted by Gasteiger charge is 2.13. The highest BCUT2D eigenvalue weighted by atomic mass is 35.5. The zero-order chi connectivity index (χ0) is 16.7. The Hall–Kier alpha value is -1.51. The van der Waals surface area contributed by atoms with Crippen LogP contribution in [0, 0.1) is 0 Å². The molecule has 2 nitrogen and oxygen atoms in total. The molecule has 2 aromatic rings. The van der Waals surface area contributed by atoms with E-state index in [-0.39, 0.29) is 18.4 Å². The molecule has 0 radical (unpaired) electrons. The molecule has 23 heavy (non-hydrogen) atoms. The number of hydrogen-bond donors (Lipinski definition) is 1. The minimum Gasteiger partial charge on any atom is -0.353 e. The number of halogens is 2. The first-order valence-corrected chi connectivity index (χ1v) is 8.62. The maximum atomic E-state index is 12.2. The van der Waals surface area contributed by atoms with Gasteiger partial charge in [0.15, 0.2) is 0 Å². The van der Waals surface area contributed by atoms with Crippen LogP contribution < -0.4 is 5.32 Å². The minimum atomic E-state index is -0.0194. The number of carbonyl (C=O) groups is 1. The molecule has 1 amide bonds. The molecule has 122 valence electrons. The van der Waals surface area contributed by atoms with E-state index in [0.717, 1.165) is 24.8 Å². The average molecular weight is 350 g/mol. The number of nitrogens with one attached hydrogen (secondary N) is 1. The second-order valence-electron chi connectivity index (χ2n) is 5.59. The zero-order valence-corrected chi connectivity index (χ0v) is 14.7. The molecule has 0 aliphatic rings. The Bertz CT molecular complexity index is 643. The summed E-state index contributed by atoms with van der Waals surface area (Å²) in [7, 11) is 0. The number of aryl methyl sites for hydroxylation is 1. The summed E-state index contributed by atoms with van der Waals surface area (Å²) in [6, 6.07) is 15.8. The molecule has 1 N–H and O–H groups in total. The lowest BCUT2D eigenvalue weighted by molar-refractivity contribution is -0.121. The van der Waals surface area contributed by atoms with Gasteiger partial charge >= 0.3 is 0 Å². The highest BCUT2D eigenvalue weighted by molar-refractivity contribution is 6.42. The van der Waals surface area contributed by atoms with Crippen LogP contribution in [0.1, 0.15) is 30.9 Å². The summed E-state index contributed by atoms with van der Waals surface area (Å²) in [6.45, 7) is 2.09. The van der Waals surface area contributed by atoms with Gasteiger partial charge in [0.05, 0.1) is 16.5 Å². The number of amides is 1. The highest BCUT2D eigenvalue weighted by Crippen LogP contribution is 2.25. The molecule has 4 heteroatoms. The van der Waals surface area contributed by atoms with Gasteiger partial charge in [0, 0.05) is 6.04 Å². The summed E-state index contributed by atoms with van der Waals surface area (Å²) in [5.41, 5.74) is 2.05. The van der Waals surface area contributed by atoms with Gasteiger partial charge in [-0.1, -0.05) is 72.6 Å². The molecule has 0 unspecified atom stereocenters. The largest absolute Gasteiger partial charge is 0.353 e. The monoisotopic (exact) mass is 349 g/mol. The molecule has 0 aliphatic carbocycles. The van der Waals surface area contributed by atoms with Crippen molar-refractivity contribution < 1.29 is 4.79 Å². The Labute approximate surface area is 147 Å². The summed E-state index contributed by atoms with van der Waals surface area (Å²) in [6.07, 6.45) is 3.04. The summed E-state index contributed by atoms with van der Waals surface area (Å²) in [5.74, 6) is -0.0194. The van der Waals surface area contributed by atoms with E-state index in [1.54, 1.807) is 6.07 Å². The summed E-state index contributed by atoms with van der Waals surface area (Å²) in [4.78, 5) is 12.2. The lowest BCUT2D eigenvalue weighted by Gasteiger charge is -2.17. The third-order valence-corrected chi connectivity index (χ3v) is 4.72. The molecule has 0 saturated heterocycles. The smallest absolute Gasteiger partial charge is 0.224 e. The third-order valence-electron chi connectivity index (χ3n) is 3.86. The van der Waals surface area contributed by atoms with Crippen molar-refractivity contribution in [3.63, 3.8) is 0 Å². The SMILES string of the molecule is CC[C@H](CCc1ccccc1)NC(=O)Cc1cccc(Cl)c1Cl. The Morgan fingerprint density at radius 2 is 1.83 bits per heavy atom. The van der Waals surface area contributed by atoms with Gasteiger partial charge in [-0.15, -0.1) is 0 Å². The number of benzene rings is 2. The number of carbonyl (C=O) groups excluding carboxylic acids is 1. The average Bonchev–Trinajstić information content (AvgIpc) is 2.56. The molecule has 2 aromatic carbocycles. The van der Waals surface area contributed by atoms with E-state index in [2.05, 4.69) is 24.4 Å². The van der Waals surface area contributed by atoms with E-state index < -0.39 is 0 Å². The quantitative estimate of drug-likeness (QED) is 0.743. The molecule has 0 fully saturated rings. The van der Waals surface area contributed by atoms with Gasteiger partial charge in [-0.05, 0) is 36.5 Å². The van der Waals surface area contributed by atoms with Crippen molar-refractivity contribution in [2.75, 3.05) is 0 Å². The van der Waals surface area contributed by atoms with Crippen LogP contribution in [-0.2, 0) is 17.6 Å². The van der Waals surface area contributed by atoms with Crippen molar-refractivity contribution in [2.24, 2.45) is 0 Å². The predicted octanol–water partition coefficient (Wildman–Crippen LogP) is 5.06. The van der Waals surface area contributed by atoms with Crippen molar-refractivity contribution in [1.82, 2.24) is 5.32 Å². The first kappa shape index (κ1) is 17.8. The van der Waals surface area contributed by atoms with Crippen LogP contribution in [0.5, 0.6) is 0 Å². The first-order chi connectivity index (χ1) is 11.1. The third kappa shape index (κ3) is 5.56. The normalized spacial score (nSPS) is 12.0. The molecule has 0 saturated carbocycles. The van der Waals surface area contributed by atoms with E-state index >= 15 is 0 Å². The van der Waals surface area contributed by atoms with Crippen LogP contribution in [0.2, 0.25) is 10.0 Å². The number of hydrogen-bond acceptors (Lipinski definition) is 1. The second kappa shape index (κ2) is 8.95. The van der Waals surface area contributed by atoms with Crippen LogP contribution in [0.4, 0.5) is 0 Å². The van der Waals surface area contributed by atoms with Crippen molar-refractivity contribution in [3.05, 3.63) is 69.7 Å². The molecule has 0 heterocycles. The van der Waals surface area contributed by atoms with Crippen LogP contribution in [0.25, 0.3) is 0 Å². The first-order valence-electron chi connectivity index (χ1n) is 7.86. The molecule has 2 rings (SSSR count). The van der Waals surface area contributed by atoms with Crippen molar-refractivity contribution in [2.45, 2.75) is 38.6 Å². The van der Waals surface area contributed by atoms with Gasteiger partial charge in [-0.3, -0.25) is 4.79 Å². The maximum absolute atomic E-state index is 12.2. The van der Waals surface area contributed by atoms with Gasteiger partial charge in [-0.2, -0.15) is 0 Å². The predicted molar refractivity (Wildman–Crippen MR) is 97.2 cm³/mol. The fourth-order valence-electron chi connectivity index (χ4n) is 2.50. The minimum absolute atomic E-state index is 0.0194. The Balaban J connectivity index is 1.88. The maximum Gasteiger partial charge on any atom is 0.224 e. The fraction of sp³-hybridized carbons (Fsp3) is 0.316. The summed E-state index contributed by atoms with van der Waals surface area (Å²) >= 11 is 12.1. The van der Waals surface area contributed by atoms with Crippen molar-refractivity contribution in [3.8, 4) is 0 Å². The van der Waals surface area contributed by atoms with Gasteiger partial charge in [-0.25, -0.2) is 0 Å². The van der Waals surface area contributed by atoms with E-state index in [1.807, 2.05) is 30.3 Å². The van der Waals surface area contributed by atoms with Crippen LogP contribution in [-0.4, -0.2) is 11.9 Å². The van der Waals surface area contributed by atoms with Crippen molar-refractivity contribution in [1.29, 1.82) is 0 Å². The molecule has 0 bridgehead atoms. The van der Waals surface area contributed by atoms with Crippen LogP contribution in [0.3, 0.4) is 0 Å². The van der Waals surface area contributed by atoms with E-state index in [9.17, 15) is 4.79 Å². The van der Waals surface area contributed by atoms with E-state index in [0.29, 0.717) is 10.0 Å². The molecular formula is C19H21Cl2NO. The van der Waals surface area contributed by atoms with Gasteiger partial charge in [0.25, 0.3) is 0 Å². The molecule has 0 aromatic heterocycles. The topological polar surface area (TPSA) is 29.1 Å². The molecule has 0 aliphatic heterocycles. The lowest BCUT2D eigenvalue weighted by Crippen LogP contribution is -2.35. The van der Waals surface area contributed by atoms with Crippen molar-refractivity contribution >= 4 is 29.1 Å². The van der Waals surface area contributed by atoms with Gasteiger partial charge in [0.1, 0.15) is 0 Å². The van der Waals surface area contributed by atoms with Crippen LogP contribution in [0.15, 0.2) is 48.5 Å². The molecule has 1 atom stereocenters. The van der Waals surface area contributed by atoms with Gasteiger partial charge < -0.3 is 5.32 Å². The number of rotatable bonds is 7. The standard InChI is InChI=1S/C19H21Cl2NO/c1-2-16(12-11-14-7-4-3-5-8-14)22-18(23)13-15-9-6-10-17(20)19(15)21/h3-10,16H,2,11-13H2,1H3,(H,22,23)/t16-/m1/s1. The Morgan fingerprint density at radius 3 is 2.52 bits per heavy atom. The summed E-state index contributed by atoms with van der Waals surface area (Å²) in [5, 5.41) is 4.03. The molecule has 0 spiro atoms. The Morgan fingerprint density at radius 1 is 1.09 bits per heavy atom. The summed E-state index contributed by atoms with van der Waals surface area (Å²) < 4.78 is 0. The Kier molecular flexibility index (Phi) is 6.94. The zero-order valence-electron chi connectivity index (χ0n) is 13.2. The van der Waals surface area contributed by atoms with Gasteiger partial charge in [0.2, 0.25) is 5.91 Å².